The van der Waals surface area contributed by atoms with Gasteiger partial charge in [0.1, 0.15) is 61.7 Å². The number of H-pyrrole nitrogens is 1. The number of carboxylic acids is 1. The van der Waals surface area contributed by atoms with Crippen molar-refractivity contribution in [2.24, 2.45) is 16.2 Å². The Hall–Kier alpha value is -9.94. The number of nitrogens with zero attached hydrogens (tertiary/aromatic N) is 11. The zero-order valence-corrected chi connectivity index (χ0v) is 67.3. The molecular weight excluding hydrogens is 1500 g/mol. The number of hydrogen-bond acceptors (Lipinski definition) is 19. The van der Waals surface area contributed by atoms with Crippen molar-refractivity contribution in [3.63, 3.8) is 0 Å². The number of rotatable bonds is 28. The third-order valence-electron chi connectivity index (χ3n) is 15.8. The summed E-state index contributed by atoms with van der Waals surface area (Å²) in [7, 11) is -2.73. The Balaban J connectivity index is 0.000000235. The number of aromatic nitrogens is 12. The molecule has 600 valence electrons. The molecule has 0 saturated heterocycles. The van der Waals surface area contributed by atoms with Gasteiger partial charge in [-0.2, -0.15) is 44.6 Å². The van der Waals surface area contributed by atoms with Crippen molar-refractivity contribution in [1.82, 2.24) is 59.7 Å². The van der Waals surface area contributed by atoms with E-state index in [4.69, 9.17) is 38.3 Å². The van der Waals surface area contributed by atoms with Crippen LogP contribution in [0.25, 0.3) is 67.9 Å². The number of esters is 2. The molecule has 2 N–H and O–H groups in total. The van der Waals surface area contributed by atoms with Crippen LogP contribution in [0.2, 0.25) is 51.4 Å². The van der Waals surface area contributed by atoms with Crippen molar-refractivity contribution in [2.75, 3.05) is 33.0 Å². The smallest absolute Gasteiger partial charge is 0.453 e. The standard InChI is InChI=1S/2C29H39F3N4O4Si.C19H17F3N4O3/c1-27(2,3)40-26(37)28(4,5)18-39-22-12-9-20(10-13-22)23-14-11-21(17-33-23)24-34-25(29(30,31)32)35-36(24)19-38-15-16-41(6,7)8;1-27(2,3)40-26(37)28(4,5)18-39-22-12-9-20(10-13-22)23-14-11-21(17-33-23)24-34-25(29(30,31)32)36(35-24)19-38-15-16-41(6,7)8;1-18(2,17(27)28)10-29-13-6-3-11(4-7-13)14-8-5-12(9-23-14)15-24-16(26-25-15)19(20,21)22/h2*9-14,17H,15-16,18-19H2,1-8H3;3-9H,10H2,1-2H3,(H,27,28)(H,24,25,26). The van der Waals surface area contributed by atoms with Gasteiger partial charge in [0.2, 0.25) is 11.6 Å². The molecular formula is C77H95F9N12O11Si2. The molecule has 0 atom stereocenters. The van der Waals surface area contributed by atoms with Gasteiger partial charge in [0, 0.05) is 81.3 Å². The number of aliphatic carboxylic acids is 1. The summed E-state index contributed by atoms with van der Waals surface area (Å²) in [5.41, 5.74) is 1.35. The maximum Gasteiger partial charge on any atom is 0.453 e. The van der Waals surface area contributed by atoms with Gasteiger partial charge >= 0.3 is 36.4 Å². The first-order valence-corrected chi connectivity index (χ1v) is 42.6. The van der Waals surface area contributed by atoms with E-state index in [1.807, 2.05) is 70.9 Å². The lowest BCUT2D eigenvalue weighted by Gasteiger charge is -2.28. The summed E-state index contributed by atoms with van der Waals surface area (Å²) in [5, 5.41) is 22.2. The molecule has 0 bridgehead atoms. The zero-order chi connectivity index (χ0) is 82.5. The van der Waals surface area contributed by atoms with E-state index < -0.39 is 85.6 Å². The van der Waals surface area contributed by atoms with Crippen LogP contribution in [0.4, 0.5) is 39.5 Å². The van der Waals surface area contributed by atoms with Crippen LogP contribution in [0.1, 0.15) is 101 Å². The van der Waals surface area contributed by atoms with Crippen LogP contribution in [0.5, 0.6) is 17.2 Å². The first-order valence-electron chi connectivity index (χ1n) is 35.2. The highest BCUT2D eigenvalue weighted by molar-refractivity contribution is 6.76. The molecule has 0 aliphatic rings. The van der Waals surface area contributed by atoms with Crippen molar-refractivity contribution < 1.29 is 92.2 Å². The number of ether oxygens (including phenoxy) is 7. The van der Waals surface area contributed by atoms with E-state index in [1.54, 1.807) is 126 Å². The summed E-state index contributed by atoms with van der Waals surface area (Å²) in [6, 6.07) is 32.8. The van der Waals surface area contributed by atoms with Gasteiger partial charge in [-0.25, -0.2) is 24.3 Å². The van der Waals surface area contributed by atoms with Crippen LogP contribution < -0.4 is 14.2 Å². The zero-order valence-electron chi connectivity index (χ0n) is 65.3. The first kappa shape index (κ1) is 88.3. The van der Waals surface area contributed by atoms with Crippen LogP contribution in [0.3, 0.4) is 0 Å². The van der Waals surface area contributed by atoms with E-state index in [9.17, 15) is 53.9 Å². The minimum Gasteiger partial charge on any atom is -0.492 e. The van der Waals surface area contributed by atoms with E-state index in [2.05, 4.69) is 84.5 Å². The lowest BCUT2D eigenvalue weighted by molar-refractivity contribution is -0.168. The largest absolute Gasteiger partial charge is 0.492 e. The Bertz CT molecular complexity index is 4530. The van der Waals surface area contributed by atoms with E-state index in [0.717, 1.165) is 38.1 Å². The fourth-order valence-electron chi connectivity index (χ4n) is 9.17. The lowest BCUT2D eigenvalue weighted by atomic mass is 9.94. The fraction of sp³-hybridized carbons (Fsp3) is 0.455. The van der Waals surface area contributed by atoms with Gasteiger partial charge in [0.05, 0.1) is 33.3 Å². The average molecular weight is 1590 g/mol. The maximum absolute atomic E-state index is 13.6. The highest BCUT2D eigenvalue weighted by Gasteiger charge is 2.41. The van der Waals surface area contributed by atoms with Gasteiger partial charge in [-0.15, -0.1) is 10.2 Å². The second kappa shape index (κ2) is 35.6. The Morgan fingerprint density at radius 1 is 0.432 bits per heavy atom. The summed E-state index contributed by atoms with van der Waals surface area (Å²) in [4.78, 5) is 60.0. The highest BCUT2D eigenvalue weighted by atomic mass is 28.3. The number of benzene rings is 3. The minimum atomic E-state index is -4.68. The van der Waals surface area contributed by atoms with Gasteiger partial charge in [-0.3, -0.25) is 34.4 Å². The minimum absolute atomic E-state index is 0.0191. The fourth-order valence-corrected chi connectivity index (χ4v) is 10.7. The Morgan fingerprint density at radius 2 is 0.802 bits per heavy atom. The van der Waals surface area contributed by atoms with E-state index in [-0.39, 0.29) is 62.7 Å². The summed E-state index contributed by atoms with van der Waals surface area (Å²) in [6.07, 6.45) is -9.66. The van der Waals surface area contributed by atoms with Crippen molar-refractivity contribution >= 4 is 34.1 Å². The summed E-state index contributed by atoms with van der Waals surface area (Å²) in [6.45, 7) is 34.8. The summed E-state index contributed by atoms with van der Waals surface area (Å²) < 4.78 is 160. The monoisotopic (exact) mass is 1590 g/mol. The third-order valence-corrected chi connectivity index (χ3v) is 19.2. The molecule has 3 aromatic carbocycles. The molecule has 6 aromatic heterocycles. The second-order valence-corrected chi connectivity index (χ2v) is 43.7. The number of nitrogens with one attached hydrogen (secondary N) is 1. The molecule has 9 aromatic rings. The number of alkyl halides is 9. The first-order chi connectivity index (χ1) is 51.2. The van der Waals surface area contributed by atoms with Gasteiger partial charge in [-0.05, 0) is 204 Å². The van der Waals surface area contributed by atoms with Crippen LogP contribution in [-0.4, -0.2) is 143 Å². The third kappa shape index (κ3) is 27.5. The number of halogens is 9. The van der Waals surface area contributed by atoms with Crippen molar-refractivity contribution in [3.05, 3.63) is 145 Å². The number of carbonyl (C=O) groups excluding carboxylic acids is 2. The maximum atomic E-state index is 13.6. The molecule has 0 unspecified atom stereocenters. The average Bonchev–Trinajstić information content (AvgIpc) is 1.67. The van der Waals surface area contributed by atoms with Gasteiger partial charge in [0.25, 0.3) is 5.82 Å². The predicted molar refractivity (Wildman–Crippen MR) is 403 cm³/mol. The van der Waals surface area contributed by atoms with Gasteiger partial charge < -0.3 is 38.3 Å². The molecule has 34 heteroatoms. The van der Waals surface area contributed by atoms with Crippen molar-refractivity contribution in [1.29, 1.82) is 0 Å². The van der Waals surface area contributed by atoms with Crippen LogP contribution in [0, 0.1) is 16.2 Å². The molecule has 0 amide bonds. The van der Waals surface area contributed by atoms with E-state index >= 15 is 0 Å². The highest BCUT2D eigenvalue weighted by Crippen LogP contribution is 2.35. The molecule has 9 rings (SSSR count). The van der Waals surface area contributed by atoms with Gasteiger partial charge in [0.15, 0.2) is 17.5 Å². The predicted octanol–water partition coefficient (Wildman–Crippen LogP) is 18.2. The quantitative estimate of drug-likeness (QED) is 0.0199. The Labute approximate surface area is 640 Å². The molecule has 0 fully saturated rings. The van der Waals surface area contributed by atoms with Crippen LogP contribution in [-0.2, 0) is 65.3 Å². The van der Waals surface area contributed by atoms with Crippen molar-refractivity contribution in [3.8, 4) is 85.2 Å². The van der Waals surface area contributed by atoms with Gasteiger partial charge in [-0.1, -0.05) is 39.3 Å². The molecule has 0 radical (unpaired) electrons. The molecule has 0 aliphatic heterocycles. The Kier molecular flexibility index (Phi) is 28.3. The number of aromatic amines is 1. The topological polar surface area (TPSA) is 278 Å². The van der Waals surface area contributed by atoms with Crippen molar-refractivity contribution in [2.45, 2.75) is 178 Å². The van der Waals surface area contributed by atoms with Crippen LogP contribution >= 0.6 is 0 Å². The number of hydrogen-bond donors (Lipinski definition) is 2. The number of pyridine rings is 3. The Morgan fingerprint density at radius 3 is 1.14 bits per heavy atom. The molecule has 111 heavy (non-hydrogen) atoms. The summed E-state index contributed by atoms with van der Waals surface area (Å²) in [5.74, 6) is -3.64. The number of carbonyl (C=O) groups is 3. The molecule has 6 heterocycles. The second-order valence-electron chi connectivity index (χ2n) is 32.4. The molecule has 0 aliphatic carbocycles. The van der Waals surface area contributed by atoms with E-state index in [0.29, 0.717) is 64.2 Å². The number of carboxylic acid groups (broad SMARTS) is 1. The normalized spacial score (nSPS) is 12.6. The SMILES string of the molecule is CC(C)(C)OC(=O)C(C)(C)COc1ccc(-c2ccc(-c3nc(C(F)(F)F)n(COCC[Si](C)(C)C)n3)cn2)cc1.CC(C)(C)OC(=O)C(C)(C)COc1ccc(-c2ccc(-c3nc(C(F)(F)F)nn3COCC[Si](C)(C)C)cn2)cc1.CC(C)(COc1ccc(-c2ccc(-c3n[nH]c(C(F)(F)F)n3)cn2)cc1)C(=O)O. The molecule has 0 saturated carbocycles. The molecule has 23 nitrogen and oxygen atoms in total. The van der Waals surface area contributed by atoms with Crippen LogP contribution in [0.15, 0.2) is 128 Å². The lowest BCUT2D eigenvalue weighted by Crippen LogP contribution is -2.37. The van der Waals surface area contributed by atoms with E-state index in [1.165, 1.54) is 18.6 Å². The molecule has 0 spiro atoms. The summed E-state index contributed by atoms with van der Waals surface area (Å²) >= 11 is 0.